The summed E-state index contributed by atoms with van der Waals surface area (Å²) < 4.78 is 11.4. The van der Waals surface area contributed by atoms with Crippen molar-refractivity contribution in [1.29, 1.82) is 0 Å². The van der Waals surface area contributed by atoms with Crippen LogP contribution in [0.5, 0.6) is 11.5 Å². The minimum atomic E-state index is -0.145. The monoisotopic (exact) mass is 283 g/mol. The number of aryl methyl sites for hydroxylation is 1. The van der Waals surface area contributed by atoms with E-state index < -0.39 is 0 Å². The first-order chi connectivity index (χ1) is 10.3. The average Bonchev–Trinajstić information content (AvgIpc) is 2.79. The molecule has 0 bridgehead atoms. The third-order valence-electron chi connectivity index (χ3n) is 3.88. The van der Waals surface area contributed by atoms with E-state index >= 15 is 0 Å². The highest BCUT2D eigenvalue weighted by Crippen LogP contribution is 2.33. The highest BCUT2D eigenvalue weighted by molar-refractivity contribution is 5.46. The molecule has 1 unspecified atom stereocenters. The second-order valence-corrected chi connectivity index (χ2v) is 5.33. The van der Waals surface area contributed by atoms with Crippen molar-refractivity contribution in [3.63, 3.8) is 0 Å². The quantitative estimate of drug-likeness (QED) is 0.938. The van der Waals surface area contributed by atoms with Gasteiger partial charge in [-0.2, -0.15) is 0 Å². The Morgan fingerprint density at radius 2 is 1.62 bits per heavy atom. The van der Waals surface area contributed by atoms with E-state index in [9.17, 15) is 0 Å². The van der Waals surface area contributed by atoms with E-state index in [1.54, 1.807) is 0 Å². The third-order valence-corrected chi connectivity index (χ3v) is 3.88. The van der Waals surface area contributed by atoms with Gasteiger partial charge in [-0.1, -0.05) is 37.3 Å². The lowest BCUT2D eigenvalue weighted by Crippen LogP contribution is -2.12. The van der Waals surface area contributed by atoms with Gasteiger partial charge in [-0.3, -0.25) is 0 Å². The lowest BCUT2D eigenvalue weighted by molar-refractivity contribution is 0.297. The van der Waals surface area contributed by atoms with Crippen LogP contribution in [0.15, 0.2) is 42.5 Å². The number of benzene rings is 2. The summed E-state index contributed by atoms with van der Waals surface area (Å²) in [7, 11) is 0. The van der Waals surface area contributed by atoms with Crippen LogP contribution >= 0.6 is 0 Å². The Balaban J connectivity index is 1.86. The predicted octanol–water partition coefficient (Wildman–Crippen LogP) is 3.46. The fourth-order valence-electron chi connectivity index (χ4n) is 2.53. The normalized spacial score (nSPS) is 15.3. The fourth-order valence-corrected chi connectivity index (χ4v) is 2.53. The molecular weight excluding hydrogens is 262 g/mol. The summed E-state index contributed by atoms with van der Waals surface area (Å²) in [4.78, 5) is 0. The highest BCUT2D eigenvalue weighted by Gasteiger charge is 2.15. The van der Waals surface area contributed by atoms with Gasteiger partial charge in [0.1, 0.15) is 0 Å². The first kappa shape index (κ1) is 14.0. The van der Waals surface area contributed by atoms with Crippen molar-refractivity contribution >= 4 is 0 Å². The molecule has 0 amide bonds. The van der Waals surface area contributed by atoms with Gasteiger partial charge in [-0.15, -0.1) is 0 Å². The Labute approximate surface area is 125 Å². The number of rotatable bonds is 3. The van der Waals surface area contributed by atoms with Crippen LogP contribution in [-0.4, -0.2) is 13.2 Å². The number of hydrogen-bond acceptors (Lipinski definition) is 3. The van der Waals surface area contributed by atoms with Crippen molar-refractivity contribution in [3.8, 4) is 11.5 Å². The van der Waals surface area contributed by atoms with E-state index in [-0.39, 0.29) is 6.04 Å². The van der Waals surface area contributed by atoms with Crippen LogP contribution in [0, 0.1) is 0 Å². The number of fused-ring (bicyclic) bond motifs is 1. The molecule has 2 aromatic rings. The zero-order chi connectivity index (χ0) is 14.7. The van der Waals surface area contributed by atoms with Crippen LogP contribution in [0.3, 0.4) is 0 Å². The van der Waals surface area contributed by atoms with E-state index in [2.05, 4.69) is 31.2 Å². The van der Waals surface area contributed by atoms with Gasteiger partial charge in [-0.25, -0.2) is 0 Å². The molecule has 2 aromatic carbocycles. The van der Waals surface area contributed by atoms with Crippen molar-refractivity contribution in [2.75, 3.05) is 13.2 Å². The Morgan fingerprint density at radius 3 is 2.33 bits per heavy atom. The van der Waals surface area contributed by atoms with Gasteiger partial charge in [0.2, 0.25) is 0 Å². The molecule has 21 heavy (non-hydrogen) atoms. The molecular formula is C18H21NO2. The van der Waals surface area contributed by atoms with Gasteiger partial charge >= 0.3 is 0 Å². The maximum absolute atomic E-state index is 6.38. The molecule has 3 rings (SSSR count). The van der Waals surface area contributed by atoms with Crippen LogP contribution in [0.25, 0.3) is 0 Å². The van der Waals surface area contributed by atoms with Gasteiger partial charge in [-0.05, 0) is 35.2 Å². The highest BCUT2D eigenvalue weighted by atomic mass is 16.5. The molecule has 0 saturated heterocycles. The van der Waals surface area contributed by atoms with Crippen molar-refractivity contribution in [2.45, 2.75) is 25.8 Å². The Bertz CT molecular complexity index is 607. The minimum absolute atomic E-state index is 0.145. The topological polar surface area (TPSA) is 44.5 Å². The lowest BCUT2D eigenvalue weighted by atomic mass is 9.98. The number of hydrogen-bond donors (Lipinski definition) is 1. The Hall–Kier alpha value is -2.00. The molecule has 0 spiro atoms. The summed E-state index contributed by atoms with van der Waals surface area (Å²) >= 11 is 0. The van der Waals surface area contributed by atoms with E-state index in [1.165, 1.54) is 5.56 Å². The number of ether oxygens (including phenoxy) is 2. The van der Waals surface area contributed by atoms with Crippen molar-refractivity contribution < 1.29 is 9.47 Å². The summed E-state index contributed by atoms with van der Waals surface area (Å²) in [5.74, 6) is 1.61. The van der Waals surface area contributed by atoms with Crippen LogP contribution in [0.1, 0.15) is 36.1 Å². The van der Waals surface area contributed by atoms with E-state index in [1.807, 2.05) is 18.2 Å². The summed E-state index contributed by atoms with van der Waals surface area (Å²) in [5.41, 5.74) is 9.86. The molecule has 1 aliphatic heterocycles. The summed E-state index contributed by atoms with van der Waals surface area (Å²) in [6, 6.07) is 14.3. The molecule has 1 atom stereocenters. The molecule has 0 saturated carbocycles. The van der Waals surface area contributed by atoms with Gasteiger partial charge in [0, 0.05) is 6.42 Å². The van der Waals surface area contributed by atoms with Crippen LogP contribution in [-0.2, 0) is 6.42 Å². The SMILES string of the molecule is CCc1ccc(C(N)c2ccc3c(c2)OCCCO3)cc1. The summed E-state index contributed by atoms with van der Waals surface area (Å²) in [6.07, 6.45) is 1.95. The minimum Gasteiger partial charge on any atom is -0.490 e. The maximum atomic E-state index is 6.38. The lowest BCUT2D eigenvalue weighted by Gasteiger charge is -2.15. The van der Waals surface area contributed by atoms with Crippen molar-refractivity contribution in [1.82, 2.24) is 0 Å². The van der Waals surface area contributed by atoms with E-state index in [4.69, 9.17) is 15.2 Å². The van der Waals surface area contributed by atoms with Crippen LogP contribution < -0.4 is 15.2 Å². The van der Waals surface area contributed by atoms with Gasteiger partial charge in [0.25, 0.3) is 0 Å². The van der Waals surface area contributed by atoms with E-state index in [0.717, 1.165) is 35.5 Å². The van der Waals surface area contributed by atoms with Gasteiger partial charge in [0.05, 0.1) is 19.3 Å². The second kappa shape index (κ2) is 6.19. The first-order valence-electron chi connectivity index (χ1n) is 7.52. The number of nitrogens with two attached hydrogens (primary N) is 1. The molecule has 0 aromatic heterocycles. The largest absolute Gasteiger partial charge is 0.490 e. The zero-order valence-corrected chi connectivity index (χ0v) is 12.3. The smallest absolute Gasteiger partial charge is 0.161 e. The fraction of sp³-hybridized carbons (Fsp3) is 0.333. The van der Waals surface area contributed by atoms with Gasteiger partial charge < -0.3 is 15.2 Å². The average molecular weight is 283 g/mol. The van der Waals surface area contributed by atoms with Crippen molar-refractivity contribution in [2.24, 2.45) is 5.73 Å². The summed E-state index contributed by atoms with van der Waals surface area (Å²) in [6.45, 7) is 3.55. The standard InChI is InChI=1S/C18H21NO2/c1-2-13-4-6-14(7-5-13)18(19)15-8-9-16-17(12-15)21-11-3-10-20-16/h4-9,12,18H,2-3,10-11,19H2,1H3. The molecule has 0 fully saturated rings. The second-order valence-electron chi connectivity index (χ2n) is 5.33. The molecule has 0 aliphatic carbocycles. The Morgan fingerprint density at radius 1 is 0.952 bits per heavy atom. The molecule has 0 radical (unpaired) electrons. The predicted molar refractivity (Wildman–Crippen MR) is 83.9 cm³/mol. The van der Waals surface area contributed by atoms with Gasteiger partial charge in [0.15, 0.2) is 11.5 Å². The maximum Gasteiger partial charge on any atom is 0.161 e. The summed E-state index contributed by atoms with van der Waals surface area (Å²) in [5, 5.41) is 0. The van der Waals surface area contributed by atoms with Crippen LogP contribution in [0.2, 0.25) is 0 Å². The zero-order valence-electron chi connectivity index (χ0n) is 12.3. The van der Waals surface area contributed by atoms with Crippen LogP contribution in [0.4, 0.5) is 0 Å². The molecule has 3 heteroatoms. The molecule has 1 heterocycles. The Kier molecular flexibility index (Phi) is 4.11. The third kappa shape index (κ3) is 3.03. The first-order valence-corrected chi connectivity index (χ1v) is 7.52. The molecule has 3 nitrogen and oxygen atoms in total. The molecule has 2 N–H and O–H groups in total. The molecule has 110 valence electrons. The molecule has 1 aliphatic rings. The van der Waals surface area contributed by atoms with Crippen molar-refractivity contribution in [3.05, 3.63) is 59.2 Å². The van der Waals surface area contributed by atoms with E-state index in [0.29, 0.717) is 13.2 Å².